The molecule has 4 N–H and O–H groups in total. The van der Waals surface area contributed by atoms with E-state index in [2.05, 4.69) is 28.9 Å². The van der Waals surface area contributed by atoms with Crippen LogP contribution in [0.15, 0.2) is 17.0 Å². The zero-order chi connectivity index (χ0) is 16.0. The van der Waals surface area contributed by atoms with Crippen LogP contribution in [0.1, 0.15) is 25.0 Å². The zero-order valence-electron chi connectivity index (χ0n) is 13.2. The van der Waals surface area contributed by atoms with E-state index >= 15 is 0 Å². The van der Waals surface area contributed by atoms with E-state index in [9.17, 15) is 8.42 Å². The van der Waals surface area contributed by atoms with E-state index in [0.717, 1.165) is 13.1 Å². The summed E-state index contributed by atoms with van der Waals surface area (Å²) in [7, 11) is -3.50. The third-order valence-corrected chi connectivity index (χ3v) is 5.28. The number of hydrogen-bond acceptors (Lipinski definition) is 5. The van der Waals surface area contributed by atoms with Crippen LogP contribution in [0.5, 0.6) is 0 Å². The normalized spacial score (nSPS) is 11.9. The van der Waals surface area contributed by atoms with Crippen LogP contribution in [-0.2, 0) is 10.0 Å². The number of benzene rings is 1. The fraction of sp³-hybridized carbons (Fsp3) is 0.571. The van der Waals surface area contributed by atoms with Crippen LogP contribution in [0.3, 0.4) is 0 Å². The predicted octanol–water partition coefficient (Wildman–Crippen LogP) is 1.21. The lowest BCUT2D eigenvalue weighted by molar-refractivity contribution is 0.309. The van der Waals surface area contributed by atoms with Gasteiger partial charge in [0.25, 0.3) is 0 Å². The Kier molecular flexibility index (Phi) is 6.60. The molecule has 0 amide bonds. The van der Waals surface area contributed by atoms with Gasteiger partial charge in [-0.3, -0.25) is 5.84 Å². The molecule has 0 spiro atoms. The van der Waals surface area contributed by atoms with Gasteiger partial charge in [0.1, 0.15) is 0 Å². The Morgan fingerprint density at radius 2 is 1.67 bits per heavy atom. The number of aryl methyl sites for hydroxylation is 2. The minimum atomic E-state index is -3.50. The number of nitrogens with two attached hydrogens (primary N) is 1. The molecular weight excluding hydrogens is 288 g/mol. The highest BCUT2D eigenvalue weighted by Crippen LogP contribution is 2.23. The first-order valence-corrected chi connectivity index (χ1v) is 8.63. The highest BCUT2D eigenvalue weighted by atomic mass is 32.2. The van der Waals surface area contributed by atoms with Gasteiger partial charge in [-0.15, -0.1) is 0 Å². The van der Waals surface area contributed by atoms with Crippen molar-refractivity contribution in [2.45, 2.75) is 32.6 Å². The van der Waals surface area contributed by atoms with Gasteiger partial charge in [-0.2, -0.15) is 0 Å². The summed E-state index contributed by atoms with van der Waals surface area (Å²) < 4.78 is 27.6. The van der Waals surface area contributed by atoms with Crippen molar-refractivity contribution in [1.82, 2.24) is 9.62 Å². The van der Waals surface area contributed by atoms with E-state index in [0.29, 0.717) is 34.8 Å². The van der Waals surface area contributed by atoms with Crippen molar-refractivity contribution < 1.29 is 8.42 Å². The summed E-state index contributed by atoms with van der Waals surface area (Å²) in [5.41, 5.74) is 4.60. The molecule has 0 aliphatic heterocycles. The van der Waals surface area contributed by atoms with Gasteiger partial charge in [0.2, 0.25) is 10.0 Å². The molecule has 0 aromatic heterocycles. The summed E-state index contributed by atoms with van der Waals surface area (Å²) in [5.74, 6) is 5.37. The van der Waals surface area contributed by atoms with Crippen molar-refractivity contribution in [1.29, 1.82) is 0 Å². The number of hydrazine groups is 1. The lowest BCUT2D eigenvalue weighted by atomic mass is 10.1. The van der Waals surface area contributed by atoms with Gasteiger partial charge in [0, 0.05) is 18.8 Å². The molecule has 0 bridgehead atoms. The minimum absolute atomic E-state index is 0.334. The fourth-order valence-corrected chi connectivity index (χ4v) is 3.88. The Morgan fingerprint density at radius 3 is 2.10 bits per heavy atom. The van der Waals surface area contributed by atoms with Crippen molar-refractivity contribution in [2.24, 2.45) is 5.84 Å². The molecule has 0 unspecified atom stereocenters. The van der Waals surface area contributed by atoms with E-state index in [1.54, 1.807) is 26.0 Å². The molecule has 0 radical (unpaired) electrons. The van der Waals surface area contributed by atoms with Crippen molar-refractivity contribution in [3.63, 3.8) is 0 Å². The molecule has 0 saturated heterocycles. The van der Waals surface area contributed by atoms with E-state index in [1.165, 1.54) is 0 Å². The van der Waals surface area contributed by atoms with Crippen molar-refractivity contribution in [3.05, 3.63) is 23.3 Å². The zero-order valence-corrected chi connectivity index (χ0v) is 14.0. The molecule has 6 nitrogen and oxygen atoms in total. The number of nitrogens with zero attached hydrogens (tertiary/aromatic N) is 1. The molecule has 0 fully saturated rings. The largest absolute Gasteiger partial charge is 0.324 e. The van der Waals surface area contributed by atoms with Crippen LogP contribution < -0.4 is 16.0 Å². The number of sulfonamides is 1. The number of nitrogen functional groups attached to an aromatic ring is 1. The van der Waals surface area contributed by atoms with Crippen molar-refractivity contribution >= 4 is 15.7 Å². The minimum Gasteiger partial charge on any atom is -0.324 e. The van der Waals surface area contributed by atoms with Gasteiger partial charge >= 0.3 is 0 Å². The molecule has 0 aliphatic carbocycles. The third kappa shape index (κ3) is 4.67. The second-order valence-electron chi connectivity index (χ2n) is 5.01. The molecular formula is C14H26N4O2S. The van der Waals surface area contributed by atoms with Crippen LogP contribution >= 0.6 is 0 Å². The predicted molar refractivity (Wildman–Crippen MR) is 86.7 cm³/mol. The molecule has 1 aromatic carbocycles. The SMILES string of the molecule is CCN(CC)CCNS(=O)(=O)c1c(C)cc(NN)cc1C. The second kappa shape index (κ2) is 7.74. The molecule has 0 saturated carbocycles. The lowest BCUT2D eigenvalue weighted by Crippen LogP contribution is -2.35. The van der Waals surface area contributed by atoms with Crippen molar-refractivity contribution in [2.75, 3.05) is 31.6 Å². The Morgan fingerprint density at radius 1 is 1.14 bits per heavy atom. The summed E-state index contributed by atoms with van der Waals surface area (Å²) in [4.78, 5) is 2.50. The fourth-order valence-electron chi connectivity index (χ4n) is 2.41. The van der Waals surface area contributed by atoms with Crippen LogP contribution in [-0.4, -0.2) is 39.5 Å². The van der Waals surface area contributed by atoms with Gasteiger partial charge in [-0.05, 0) is 50.2 Å². The van der Waals surface area contributed by atoms with Crippen LogP contribution in [0.25, 0.3) is 0 Å². The Hall–Kier alpha value is -1.15. The number of anilines is 1. The Bertz CT molecular complexity index is 545. The summed E-state index contributed by atoms with van der Waals surface area (Å²) in [6.07, 6.45) is 0. The second-order valence-corrected chi connectivity index (χ2v) is 6.71. The topological polar surface area (TPSA) is 87.5 Å². The Labute approximate surface area is 127 Å². The summed E-state index contributed by atoms with van der Waals surface area (Å²) in [6.45, 7) is 10.6. The van der Waals surface area contributed by atoms with E-state index in [-0.39, 0.29) is 0 Å². The molecule has 0 atom stereocenters. The number of likely N-dealkylation sites (N-methyl/N-ethyl adjacent to an activating group) is 1. The monoisotopic (exact) mass is 314 g/mol. The number of hydrogen-bond donors (Lipinski definition) is 3. The standard InChI is InChI=1S/C14H26N4O2S/c1-5-18(6-2)8-7-16-21(19,20)14-11(3)9-13(17-15)10-12(14)4/h9-10,16-17H,5-8,15H2,1-4H3. The lowest BCUT2D eigenvalue weighted by Gasteiger charge is -2.19. The maximum absolute atomic E-state index is 12.5. The van der Waals surface area contributed by atoms with E-state index < -0.39 is 10.0 Å². The summed E-state index contributed by atoms with van der Waals surface area (Å²) >= 11 is 0. The number of nitrogens with one attached hydrogen (secondary N) is 2. The Balaban J connectivity index is 2.88. The van der Waals surface area contributed by atoms with Gasteiger partial charge in [0.15, 0.2) is 0 Å². The van der Waals surface area contributed by atoms with Crippen molar-refractivity contribution in [3.8, 4) is 0 Å². The summed E-state index contributed by atoms with van der Waals surface area (Å²) in [6, 6.07) is 3.46. The quantitative estimate of drug-likeness (QED) is 0.496. The average molecular weight is 314 g/mol. The van der Waals surface area contributed by atoms with Gasteiger partial charge < -0.3 is 10.3 Å². The highest BCUT2D eigenvalue weighted by molar-refractivity contribution is 7.89. The van der Waals surface area contributed by atoms with E-state index in [4.69, 9.17) is 5.84 Å². The maximum atomic E-state index is 12.5. The molecule has 120 valence electrons. The molecule has 21 heavy (non-hydrogen) atoms. The molecule has 1 rings (SSSR count). The average Bonchev–Trinajstić information content (AvgIpc) is 2.42. The third-order valence-electron chi connectivity index (χ3n) is 3.51. The smallest absolute Gasteiger partial charge is 0.241 e. The maximum Gasteiger partial charge on any atom is 0.241 e. The number of rotatable bonds is 8. The first kappa shape index (κ1) is 17.9. The van der Waals surface area contributed by atoms with Gasteiger partial charge in [-0.25, -0.2) is 13.1 Å². The highest BCUT2D eigenvalue weighted by Gasteiger charge is 2.19. The van der Waals surface area contributed by atoms with Crippen LogP contribution in [0, 0.1) is 13.8 Å². The molecule has 0 aliphatic rings. The van der Waals surface area contributed by atoms with Gasteiger partial charge in [-0.1, -0.05) is 13.8 Å². The van der Waals surface area contributed by atoms with Crippen LogP contribution in [0.2, 0.25) is 0 Å². The first-order valence-electron chi connectivity index (χ1n) is 7.15. The molecule has 7 heteroatoms. The van der Waals surface area contributed by atoms with Crippen LogP contribution in [0.4, 0.5) is 5.69 Å². The van der Waals surface area contributed by atoms with Gasteiger partial charge in [0.05, 0.1) is 4.90 Å². The molecule has 0 heterocycles. The first-order chi connectivity index (χ1) is 9.85. The summed E-state index contributed by atoms with van der Waals surface area (Å²) in [5, 5.41) is 0. The van der Waals surface area contributed by atoms with E-state index in [1.807, 2.05) is 0 Å². The molecule has 1 aromatic rings.